The van der Waals surface area contributed by atoms with Gasteiger partial charge in [0.25, 0.3) is 0 Å². The highest BCUT2D eigenvalue weighted by Gasteiger charge is 2.38. The van der Waals surface area contributed by atoms with Gasteiger partial charge in [-0.2, -0.15) is 0 Å². The van der Waals surface area contributed by atoms with E-state index in [2.05, 4.69) is 6.08 Å². The molecule has 1 heterocycles. The van der Waals surface area contributed by atoms with Gasteiger partial charge in [0.05, 0.1) is 0 Å². The zero-order valence-electron chi connectivity index (χ0n) is 11.2. The summed E-state index contributed by atoms with van der Waals surface area (Å²) in [7, 11) is 0. The van der Waals surface area contributed by atoms with E-state index in [0.29, 0.717) is 0 Å². The maximum absolute atomic E-state index is 12.6. The summed E-state index contributed by atoms with van der Waals surface area (Å²) in [6, 6.07) is 7.33. The van der Waals surface area contributed by atoms with Crippen molar-refractivity contribution in [3.05, 3.63) is 42.0 Å². The molecular weight excluding hydrogens is 254 g/mol. The summed E-state index contributed by atoms with van der Waals surface area (Å²) < 4.78 is 0. The van der Waals surface area contributed by atoms with E-state index >= 15 is 0 Å². The number of carboxylic acids is 1. The van der Waals surface area contributed by atoms with Crippen LogP contribution in [0.2, 0.25) is 0 Å². The van der Waals surface area contributed by atoms with E-state index in [0.717, 1.165) is 30.5 Å². The number of amides is 1. The maximum atomic E-state index is 12.6. The Balaban J connectivity index is 1.90. The van der Waals surface area contributed by atoms with Gasteiger partial charge in [0.1, 0.15) is 5.92 Å². The standard InChI is InChI=1S/C16H17NO3/c18-15(11-6-2-1-3-7-11)17-10-13(16(19)20)12-8-4-5-9-14(12)17/h1-2,4-5,8-9,11,13H,3,6-7,10H2,(H,19,20). The summed E-state index contributed by atoms with van der Waals surface area (Å²) in [6.07, 6.45) is 6.68. The molecule has 0 radical (unpaired) electrons. The number of anilines is 1. The summed E-state index contributed by atoms with van der Waals surface area (Å²) in [4.78, 5) is 25.7. The highest BCUT2D eigenvalue weighted by Crippen LogP contribution is 2.38. The highest BCUT2D eigenvalue weighted by molar-refractivity contribution is 6.00. The monoisotopic (exact) mass is 271 g/mol. The average Bonchev–Trinajstić information content (AvgIpc) is 2.87. The molecule has 2 unspecified atom stereocenters. The van der Waals surface area contributed by atoms with Crippen LogP contribution in [0.4, 0.5) is 5.69 Å². The molecule has 1 N–H and O–H groups in total. The molecule has 1 aromatic rings. The maximum Gasteiger partial charge on any atom is 0.312 e. The second kappa shape index (κ2) is 5.12. The summed E-state index contributed by atoms with van der Waals surface area (Å²) >= 11 is 0. The topological polar surface area (TPSA) is 57.6 Å². The Labute approximate surface area is 117 Å². The van der Waals surface area contributed by atoms with Crippen molar-refractivity contribution in [1.82, 2.24) is 0 Å². The molecule has 2 aliphatic rings. The molecule has 0 aromatic heterocycles. The minimum absolute atomic E-state index is 0.0133. The molecule has 0 saturated carbocycles. The molecule has 0 saturated heterocycles. The number of fused-ring (bicyclic) bond motifs is 1. The fourth-order valence-corrected chi connectivity index (χ4v) is 3.07. The van der Waals surface area contributed by atoms with Gasteiger partial charge in [-0.3, -0.25) is 9.59 Å². The zero-order valence-corrected chi connectivity index (χ0v) is 11.2. The average molecular weight is 271 g/mol. The lowest BCUT2D eigenvalue weighted by molar-refractivity contribution is -0.138. The van der Waals surface area contributed by atoms with Crippen molar-refractivity contribution in [3.63, 3.8) is 0 Å². The van der Waals surface area contributed by atoms with Crippen LogP contribution in [0, 0.1) is 5.92 Å². The first-order valence-electron chi connectivity index (χ1n) is 6.96. The van der Waals surface area contributed by atoms with Crippen molar-refractivity contribution in [3.8, 4) is 0 Å². The number of carbonyl (C=O) groups excluding carboxylic acids is 1. The fourth-order valence-electron chi connectivity index (χ4n) is 3.07. The second-order valence-corrected chi connectivity index (χ2v) is 5.38. The van der Waals surface area contributed by atoms with Crippen LogP contribution in [0.1, 0.15) is 30.7 Å². The van der Waals surface area contributed by atoms with E-state index in [1.165, 1.54) is 0 Å². The van der Waals surface area contributed by atoms with Crippen LogP contribution in [0.5, 0.6) is 0 Å². The number of benzene rings is 1. The molecule has 0 spiro atoms. The minimum Gasteiger partial charge on any atom is -0.481 e. The molecule has 1 aliphatic carbocycles. The summed E-state index contributed by atoms with van der Waals surface area (Å²) in [5, 5.41) is 9.32. The lowest BCUT2D eigenvalue weighted by Gasteiger charge is -2.24. The Morgan fingerprint density at radius 2 is 2.00 bits per heavy atom. The Morgan fingerprint density at radius 3 is 2.70 bits per heavy atom. The number of carbonyl (C=O) groups is 2. The molecule has 1 amide bonds. The van der Waals surface area contributed by atoms with E-state index < -0.39 is 11.9 Å². The number of allylic oxidation sites excluding steroid dienone is 2. The van der Waals surface area contributed by atoms with Crippen molar-refractivity contribution in [2.45, 2.75) is 25.2 Å². The molecule has 20 heavy (non-hydrogen) atoms. The smallest absolute Gasteiger partial charge is 0.312 e. The van der Waals surface area contributed by atoms with Gasteiger partial charge >= 0.3 is 5.97 Å². The minimum atomic E-state index is -0.865. The number of para-hydroxylation sites is 1. The molecule has 104 valence electrons. The Morgan fingerprint density at radius 1 is 1.20 bits per heavy atom. The van der Waals surface area contributed by atoms with E-state index in [9.17, 15) is 14.7 Å². The summed E-state index contributed by atoms with van der Waals surface area (Å²) in [5.41, 5.74) is 1.51. The number of hydrogen-bond acceptors (Lipinski definition) is 2. The molecule has 1 aromatic carbocycles. The molecule has 4 nitrogen and oxygen atoms in total. The van der Waals surface area contributed by atoms with Crippen molar-refractivity contribution in [2.75, 3.05) is 11.4 Å². The first-order valence-corrected chi connectivity index (χ1v) is 6.96. The van der Waals surface area contributed by atoms with Crippen LogP contribution < -0.4 is 4.90 Å². The van der Waals surface area contributed by atoms with Crippen molar-refractivity contribution < 1.29 is 14.7 Å². The van der Waals surface area contributed by atoms with E-state index in [-0.39, 0.29) is 18.4 Å². The van der Waals surface area contributed by atoms with Gasteiger partial charge < -0.3 is 10.0 Å². The molecular formula is C16H17NO3. The first kappa shape index (κ1) is 12.9. The normalized spacial score (nSPS) is 24.5. The predicted octanol–water partition coefficient (Wildman–Crippen LogP) is 2.56. The number of carboxylic acid groups (broad SMARTS) is 1. The van der Waals surface area contributed by atoms with E-state index in [4.69, 9.17) is 0 Å². The largest absolute Gasteiger partial charge is 0.481 e. The van der Waals surface area contributed by atoms with Crippen LogP contribution in [0.25, 0.3) is 0 Å². The van der Waals surface area contributed by atoms with Crippen LogP contribution in [0.15, 0.2) is 36.4 Å². The van der Waals surface area contributed by atoms with Gasteiger partial charge in [-0.15, -0.1) is 0 Å². The lowest BCUT2D eigenvalue weighted by atomic mass is 9.93. The third-order valence-corrected chi connectivity index (χ3v) is 4.15. The molecule has 4 heteroatoms. The SMILES string of the molecule is O=C(O)C1CN(C(=O)C2CC=CCC2)c2ccccc21. The quantitative estimate of drug-likeness (QED) is 0.841. The summed E-state index contributed by atoms with van der Waals surface area (Å²) in [6.45, 7) is 0.258. The first-order chi connectivity index (χ1) is 9.68. The van der Waals surface area contributed by atoms with Crippen LogP contribution in [-0.2, 0) is 9.59 Å². The van der Waals surface area contributed by atoms with Gasteiger partial charge in [-0.25, -0.2) is 0 Å². The zero-order chi connectivity index (χ0) is 14.1. The molecule has 1 aliphatic heterocycles. The number of aliphatic carboxylic acids is 1. The number of rotatable bonds is 2. The van der Waals surface area contributed by atoms with Crippen LogP contribution in [0.3, 0.4) is 0 Å². The Bertz CT molecular complexity index is 579. The third kappa shape index (κ3) is 2.11. The lowest BCUT2D eigenvalue weighted by Crippen LogP contribution is -2.36. The predicted molar refractivity (Wildman–Crippen MR) is 75.7 cm³/mol. The Kier molecular flexibility index (Phi) is 3.30. The molecule has 3 rings (SSSR count). The summed E-state index contributed by atoms with van der Waals surface area (Å²) in [5.74, 6) is -1.42. The van der Waals surface area contributed by atoms with Gasteiger partial charge in [0.15, 0.2) is 0 Å². The van der Waals surface area contributed by atoms with Gasteiger partial charge in [0.2, 0.25) is 5.91 Å². The van der Waals surface area contributed by atoms with Crippen molar-refractivity contribution in [2.24, 2.45) is 5.92 Å². The number of nitrogens with zero attached hydrogens (tertiary/aromatic N) is 1. The third-order valence-electron chi connectivity index (χ3n) is 4.15. The van der Waals surface area contributed by atoms with E-state index in [1.54, 1.807) is 4.90 Å². The molecule has 2 atom stereocenters. The van der Waals surface area contributed by atoms with E-state index in [1.807, 2.05) is 30.3 Å². The van der Waals surface area contributed by atoms with Crippen molar-refractivity contribution in [1.29, 1.82) is 0 Å². The van der Waals surface area contributed by atoms with Crippen LogP contribution in [-0.4, -0.2) is 23.5 Å². The molecule has 0 fully saturated rings. The molecule has 0 bridgehead atoms. The highest BCUT2D eigenvalue weighted by atomic mass is 16.4. The second-order valence-electron chi connectivity index (χ2n) is 5.38. The van der Waals surface area contributed by atoms with Gasteiger partial charge in [-0.1, -0.05) is 30.4 Å². The van der Waals surface area contributed by atoms with Crippen molar-refractivity contribution >= 4 is 17.6 Å². The number of hydrogen-bond donors (Lipinski definition) is 1. The fraction of sp³-hybridized carbons (Fsp3) is 0.375. The Hall–Kier alpha value is -2.10. The van der Waals surface area contributed by atoms with Gasteiger partial charge in [0, 0.05) is 18.2 Å². The van der Waals surface area contributed by atoms with Crippen LogP contribution >= 0.6 is 0 Å². The van der Waals surface area contributed by atoms with Gasteiger partial charge in [-0.05, 0) is 30.9 Å².